The summed E-state index contributed by atoms with van der Waals surface area (Å²) in [4.78, 5) is 20.0. The monoisotopic (exact) mass is 311 g/mol. The van der Waals surface area contributed by atoms with Crippen LogP contribution in [-0.2, 0) is 24.8 Å². The molecule has 2 fully saturated rings. The van der Waals surface area contributed by atoms with Gasteiger partial charge in [0.25, 0.3) is 0 Å². The van der Waals surface area contributed by atoms with Crippen molar-refractivity contribution in [3.05, 3.63) is 34.5 Å². The molecule has 0 aromatic carbocycles. The van der Waals surface area contributed by atoms with E-state index in [1.165, 1.54) is 4.88 Å². The summed E-state index contributed by atoms with van der Waals surface area (Å²) in [6.45, 7) is 2.39. The molecule has 0 amide bonds. The van der Waals surface area contributed by atoms with Crippen molar-refractivity contribution in [3.63, 3.8) is 0 Å². The summed E-state index contributed by atoms with van der Waals surface area (Å²) < 4.78 is 11.6. The van der Waals surface area contributed by atoms with Crippen LogP contribution in [0.2, 0.25) is 0 Å². The lowest BCUT2D eigenvalue weighted by molar-refractivity contribution is -0.301. The van der Waals surface area contributed by atoms with Gasteiger partial charge in [-0.05, 0) is 23.6 Å². The Labute approximate surface area is 124 Å². The van der Waals surface area contributed by atoms with Crippen LogP contribution in [0.25, 0.3) is 0 Å². The number of hydrogen-bond acceptors (Lipinski definition) is 8. The second-order valence-corrected chi connectivity index (χ2v) is 5.33. The number of ether oxygens (including phenoxy) is 2. The molecule has 2 aliphatic heterocycles. The van der Waals surface area contributed by atoms with Crippen LogP contribution in [0.5, 0.6) is 0 Å². The highest BCUT2D eigenvalue weighted by Crippen LogP contribution is 2.38. The standard InChI is InChI=1S/C9H11NO2S.C4H4O4/c1-2-8(13-3-1)9-6-10-4-7(12-9)5-11-9;5-3(6)1-2-4(7)8/h1-3,7,10H,4-6H2;1-2H,(H,5,6)(H,7,8)/p-2/b;2-1-. The zero-order chi connectivity index (χ0) is 15.3. The largest absolute Gasteiger partial charge is 0.545 e. The average Bonchev–Trinajstić information content (AvgIpc) is 3.07. The van der Waals surface area contributed by atoms with Crippen molar-refractivity contribution in [1.82, 2.24) is 5.32 Å². The van der Waals surface area contributed by atoms with Gasteiger partial charge in [-0.1, -0.05) is 6.07 Å². The predicted octanol–water partition coefficient (Wildman–Crippen LogP) is -2.04. The van der Waals surface area contributed by atoms with Gasteiger partial charge in [0.1, 0.15) is 0 Å². The normalized spacial score (nSPS) is 27.1. The molecule has 0 radical (unpaired) electrons. The molecule has 114 valence electrons. The fourth-order valence-corrected chi connectivity index (χ4v) is 2.82. The van der Waals surface area contributed by atoms with Crippen molar-refractivity contribution in [1.29, 1.82) is 0 Å². The molecule has 8 heteroatoms. The van der Waals surface area contributed by atoms with Gasteiger partial charge in [-0.3, -0.25) is 0 Å². The number of nitrogens with one attached hydrogen (secondary N) is 1. The van der Waals surface area contributed by atoms with Crippen molar-refractivity contribution in [2.75, 3.05) is 19.7 Å². The smallest absolute Gasteiger partial charge is 0.217 e. The highest BCUT2D eigenvalue weighted by Gasteiger charge is 2.46. The van der Waals surface area contributed by atoms with Gasteiger partial charge in [0.15, 0.2) is 0 Å². The van der Waals surface area contributed by atoms with Crippen LogP contribution in [0.15, 0.2) is 29.7 Å². The molecule has 2 aliphatic rings. The molecule has 1 aromatic rings. The fourth-order valence-electron chi connectivity index (χ4n) is 2.00. The van der Waals surface area contributed by atoms with E-state index >= 15 is 0 Å². The number of rotatable bonds is 3. The van der Waals surface area contributed by atoms with Crippen molar-refractivity contribution in [2.24, 2.45) is 0 Å². The maximum atomic E-state index is 9.41. The highest BCUT2D eigenvalue weighted by atomic mass is 32.1. The number of carboxylic acids is 2. The summed E-state index contributed by atoms with van der Waals surface area (Å²) >= 11 is 1.69. The quantitative estimate of drug-likeness (QED) is 0.640. The first-order valence-corrected chi connectivity index (χ1v) is 7.06. The predicted molar refractivity (Wildman–Crippen MR) is 68.8 cm³/mol. The number of thiophene rings is 1. The minimum absolute atomic E-state index is 0.232. The second kappa shape index (κ2) is 6.81. The third-order valence-electron chi connectivity index (χ3n) is 2.84. The van der Waals surface area contributed by atoms with Gasteiger partial charge in [-0.15, -0.1) is 11.3 Å². The first-order valence-electron chi connectivity index (χ1n) is 6.18. The molecule has 7 nitrogen and oxygen atoms in total. The average molecular weight is 311 g/mol. The van der Waals surface area contributed by atoms with Crippen LogP contribution in [0.3, 0.4) is 0 Å². The lowest BCUT2D eigenvalue weighted by atomic mass is 10.2. The van der Waals surface area contributed by atoms with E-state index in [1.54, 1.807) is 11.3 Å². The molecule has 3 heterocycles. The first kappa shape index (κ1) is 15.6. The summed E-state index contributed by atoms with van der Waals surface area (Å²) in [6, 6.07) is 4.10. The van der Waals surface area contributed by atoms with E-state index in [0.29, 0.717) is 18.8 Å². The maximum absolute atomic E-state index is 9.41. The van der Waals surface area contributed by atoms with E-state index in [9.17, 15) is 19.8 Å². The number of carboxylic acid groups (broad SMARTS) is 2. The summed E-state index contributed by atoms with van der Waals surface area (Å²) in [5, 5.41) is 24.2. The van der Waals surface area contributed by atoms with Gasteiger partial charge in [0.05, 0.1) is 36.1 Å². The van der Waals surface area contributed by atoms with Gasteiger partial charge in [-0.2, -0.15) is 0 Å². The first-order chi connectivity index (χ1) is 10.0. The van der Waals surface area contributed by atoms with Crippen molar-refractivity contribution >= 4 is 23.3 Å². The Morgan fingerprint density at radius 1 is 1.38 bits per heavy atom. The summed E-state index contributed by atoms with van der Waals surface area (Å²) in [5.74, 6) is -3.57. The molecule has 1 aromatic heterocycles. The number of fused-ring (bicyclic) bond motifs is 2. The second-order valence-electron chi connectivity index (χ2n) is 4.38. The van der Waals surface area contributed by atoms with Gasteiger partial charge in [0.2, 0.25) is 5.79 Å². The van der Waals surface area contributed by atoms with Crippen LogP contribution < -0.4 is 15.5 Å². The van der Waals surface area contributed by atoms with E-state index in [4.69, 9.17) is 9.47 Å². The summed E-state index contributed by atoms with van der Waals surface area (Å²) in [5.41, 5.74) is 0. The lowest BCUT2D eigenvalue weighted by Gasteiger charge is -2.31. The van der Waals surface area contributed by atoms with Crippen molar-refractivity contribution in [2.45, 2.75) is 11.9 Å². The Balaban J connectivity index is 0.000000177. The number of hydrogen-bond donors (Lipinski definition) is 1. The highest BCUT2D eigenvalue weighted by molar-refractivity contribution is 7.10. The van der Waals surface area contributed by atoms with Crippen molar-refractivity contribution < 1.29 is 29.3 Å². The summed E-state index contributed by atoms with van der Waals surface area (Å²) in [6.07, 6.45) is 1.00. The molecule has 2 saturated heterocycles. The third kappa shape index (κ3) is 4.11. The zero-order valence-electron chi connectivity index (χ0n) is 10.9. The molecule has 2 atom stereocenters. The van der Waals surface area contributed by atoms with Crippen LogP contribution in [0.4, 0.5) is 0 Å². The Morgan fingerprint density at radius 2 is 2.10 bits per heavy atom. The van der Waals surface area contributed by atoms with E-state index in [1.807, 2.05) is 6.07 Å². The van der Waals surface area contributed by atoms with Gasteiger partial charge in [-0.25, -0.2) is 0 Å². The number of aliphatic carboxylic acids is 2. The lowest BCUT2D eigenvalue weighted by Crippen LogP contribution is -2.46. The zero-order valence-corrected chi connectivity index (χ0v) is 11.8. The molecule has 2 bridgehead atoms. The summed E-state index contributed by atoms with van der Waals surface area (Å²) in [7, 11) is 0. The maximum Gasteiger partial charge on any atom is 0.217 e. The van der Waals surface area contributed by atoms with Gasteiger partial charge < -0.3 is 34.6 Å². The van der Waals surface area contributed by atoms with E-state index in [-0.39, 0.29) is 6.10 Å². The Kier molecular flexibility index (Phi) is 5.07. The van der Waals surface area contributed by atoms with Crippen LogP contribution in [0, 0.1) is 0 Å². The topological polar surface area (TPSA) is 111 Å². The molecule has 21 heavy (non-hydrogen) atoms. The molecule has 2 unspecified atom stereocenters. The molecule has 0 spiro atoms. The molecule has 0 saturated carbocycles. The van der Waals surface area contributed by atoms with Gasteiger partial charge >= 0.3 is 0 Å². The Bertz CT molecular complexity index is 509. The van der Waals surface area contributed by atoms with Crippen LogP contribution in [-0.4, -0.2) is 37.7 Å². The number of carbonyl (C=O) groups excluding carboxylic acids is 2. The van der Waals surface area contributed by atoms with Crippen molar-refractivity contribution in [3.8, 4) is 0 Å². The number of carbonyl (C=O) groups is 2. The van der Waals surface area contributed by atoms with E-state index < -0.39 is 17.7 Å². The Morgan fingerprint density at radius 3 is 2.67 bits per heavy atom. The molecular formula is C13H13NO6S-2. The molecular weight excluding hydrogens is 298 g/mol. The third-order valence-corrected chi connectivity index (χ3v) is 3.84. The minimum atomic E-state index is -1.55. The Hall–Kier alpha value is -1.74. The molecule has 3 rings (SSSR count). The number of morpholine rings is 1. The SMILES string of the molecule is O=C([O-])/C=C\C(=O)[O-].c1csc(C23CNCC(CO2)O3)c1. The van der Waals surface area contributed by atoms with E-state index in [0.717, 1.165) is 13.1 Å². The van der Waals surface area contributed by atoms with Gasteiger partial charge in [0, 0.05) is 6.54 Å². The molecule has 0 aliphatic carbocycles. The molecule has 1 N–H and O–H groups in total. The van der Waals surface area contributed by atoms with E-state index in [2.05, 4.69) is 16.8 Å². The minimum Gasteiger partial charge on any atom is -0.545 e. The van der Waals surface area contributed by atoms with Crippen LogP contribution in [0.1, 0.15) is 4.88 Å². The van der Waals surface area contributed by atoms with Crippen LogP contribution >= 0.6 is 11.3 Å². The fraction of sp³-hybridized carbons (Fsp3) is 0.385.